The highest BCUT2D eigenvalue weighted by atomic mass is 79.9. The second-order valence-electron chi connectivity index (χ2n) is 4.49. The summed E-state index contributed by atoms with van der Waals surface area (Å²) in [6.45, 7) is 1.66. The van der Waals surface area contributed by atoms with E-state index in [1.807, 2.05) is 4.90 Å². The normalized spacial score (nSPS) is 15.1. The van der Waals surface area contributed by atoms with E-state index in [1.54, 1.807) is 18.3 Å². The monoisotopic (exact) mass is 325 g/mol. The summed E-state index contributed by atoms with van der Waals surface area (Å²) in [4.78, 5) is 29.5. The number of hydrogen-bond donors (Lipinski definition) is 1. The molecule has 1 aromatic heterocycles. The van der Waals surface area contributed by atoms with Crippen molar-refractivity contribution in [2.45, 2.75) is 19.3 Å². The van der Waals surface area contributed by atoms with Crippen LogP contribution in [0.2, 0.25) is 0 Å². The second kappa shape index (κ2) is 6.65. The minimum atomic E-state index is -0.256. The lowest BCUT2D eigenvalue weighted by Gasteiger charge is -2.26. The zero-order valence-corrected chi connectivity index (χ0v) is 12.1. The van der Waals surface area contributed by atoms with Gasteiger partial charge < -0.3 is 10.2 Å². The number of halogens is 1. The van der Waals surface area contributed by atoms with Gasteiger partial charge in [-0.1, -0.05) is 0 Å². The zero-order valence-electron chi connectivity index (χ0n) is 10.6. The smallest absolute Gasteiger partial charge is 0.251 e. The first kappa shape index (κ1) is 14.0. The third-order valence-electron chi connectivity index (χ3n) is 3.10. The van der Waals surface area contributed by atoms with Crippen LogP contribution in [-0.4, -0.2) is 41.3 Å². The van der Waals surface area contributed by atoms with Gasteiger partial charge >= 0.3 is 0 Å². The van der Waals surface area contributed by atoms with Gasteiger partial charge in [-0.2, -0.15) is 0 Å². The molecule has 0 radical (unpaired) electrons. The molecule has 6 heteroatoms. The van der Waals surface area contributed by atoms with Crippen molar-refractivity contribution in [3.63, 3.8) is 0 Å². The van der Waals surface area contributed by atoms with Gasteiger partial charge in [-0.15, -0.1) is 0 Å². The van der Waals surface area contributed by atoms with Gasteiger partial charge in [-0.25, -0.2) is 4.98 Å². The third kappa shape index (κ3) is 4.02. The Morgan fingerprint density at radius 2 is 2.05 bits per heavy atom. The quantitative estimate of drug-likeness (QED) is 0.858. The van der Waals surface area contributed by atoms with E-state index in [1.165, 1.54) is 6.42 Å². The second-order valence-corrected chi connectivity index (χ2v) is 5.30. The first-order chi connectivity index (χ1) is 9.16. The number of rotatable bonds is 3. The van der Waals surface area contributed by atoms with Gasteiger partial charge in [-0.3, -0.25) is 9.59 Å². The molecule has 0 aromatic carbocycles. The zero-order chi connectivity index (χ0) is 13.7. The molecule has 2 heterocycles. The molecule has 2 rings (SSSR count). The van der Waals surface area contributed by atoms with Crippen molar-refractivity contribution in [1.82, 2.24) is 15.2 Å². The van der Waals surface area contributed by atoms with Gasteiger partial charge in [0, 0.05) is 24.8 Å². The number of piperidine rings is 1. The average Bonchev–Trinajstić information content (AvgIpc) is 2.45. The molecular formula is C13H16BrN3O2. The fraction of sp³-hybridized carbons (Fsp3) is 0.462. The summed E-state index contributed by atoms with van der Waals surface area (Å²) in [5.74, 6) is -0.269. The maximum Gasteiger partial charge on any atom is 0.251 e. The van der Waals surface area contributed by atoms with E-state index >= 15 is 0 Å². The number of likely N-dealkylation sites (tertiary alicyclic amines) is 1. The van der Waals surface area contributed by atoms with Crippen molar-refractivity contribution >= 4 is 27.7 Å². The lowest BCUT2D eigenvalue weighted by atomic mass is 10.1. The third-order valence-corrected chi connectivity index (χ3v) is 3.53. The van der Waals surface area contributed by atoms with E-state index in [0.29, 0.717) is 10.2 Å². The van der Waals surface area contributed by atoms with Gasteiger partial charge in [0.15, 0.2) is 0 Å². The Labute approximate surface area is 120 Å². The van der Waals surface area contributed by atoms with Crippen LogP contribution in [0.3, 0.4) is 0 Å². The molecule has 1 aromatic rings. The fourth-order valence-electron chi connectivity index (χ4n) is 2.06. The van der Waals surface area contributed by atoms with Crippen LogP contribution in [0.5, 0.6) is 0 Å². The van der Waals surface area contributed by atoms with E-state index in [2.05, 4.69) is 26.2 Å². The van der Waals surface area contributed by atoms with Gasteiger partial charge in [0.25, 0.3) is 5.91 Å². The van der Waals surface area contributed by atoms with Crippen molar-refractivity contribution in [3.05, 3.63) is 28.5 Å². The Morgan fingerprint density at radius 3 is 2.74 bits per heavy atom. The van der Waals surface area contributed by atoms with Gasteiger partial charge in [-0.05, 0) is 47.3 Å². The molecule has 0 spiro atoms. The highest BCUT2D eigenvalue weighted by Crippen LogP contribution is 2.09. The molecule has 0 aliphatic carbocycles. The first-order valence-corrected chi connectivity index (χ1v) is 7.13. The number of hydrogen-bond acceptors (Lipinski definition) is 3. The summed E-state index contributed by atoms with van der Waals surface area (Å²) >= 11 is 3.21. The van der Waals surface area contributed by atoms with Crippen LogP contribution >= 0.6 is 15.9 Å². The number of amides is 2. The van der Waals surface area contributed by atoms with E-state index in [-0.39, 0.29) is 18.4 Å². The van der Waals surface area contributed by atoms with Gasteiger partial charge in [0.1, 0.15) is 4.60 Å². The number of pyridine rings is 1. The topological polar surface area (TPSA) is 62.3 Å². The number of aromatic nitrogens is 1. The van der Waals surface area contributed by atoms with Crippen molar-refractivity contribution in [2.75, 3.05) is 19.6 Å². The van der Waals surface area contributed by atoms with Crippen LogP contribution < -0.4 is 5.32 Å². The number of nitrogens with one attached hydrogen (secondary N) is 1. The lowest BCUT2D eigenvalue weighted by molar-refractivity contribution is -0.130. The molecule has 0 bridgehead atoms. The summed E-state index contributed by atoms with van der Waals surface area (Å²) in [7, 11) is 0. The van der Waals surface area contributed by atoms with Crippen LogP contribution in [0.4, 0.5) is 0 Å². The van der Waals surface area contributed by atoms with Crippen molar-refractivity contribution < 1.29 is 9.59 Å². The molecule has 1 N–H and O–H groups in total. The Bertz CT molecular complexity index is 473. The summed E-state index contributed by atoms with van der Waals surface area (Å²) in [5.41, 5.74) is 0.494. The van der Waals surface area contributed by atoms with Crippen molar-refractivity contribution in [1.29, 1.82) is 0 Å². The summed E-state index contributed by atoms with van der Waals surface area (Å²) < 4.78 is 0.600. The maximum atomic E-state index is 11.9. The molecule has 2 amide bonds. The van der Waals surface area contributed by atoms with E-state index in [0.717, 1.165) is 25.9 Å². The SMILES string of the molecule is O=C(NCC(=O)N1CCCCC1)c1ccnc(Br)c1. The number of nitrogens with zero attached hydrogens (tertiary/aromatic N) is 2. The van der Waals surface area contributed by atoms with Gasteiger partial charge in [0.05, 0.1) is 6.54 Å². The molecule has 1 saturated heterocycles. The van der Waals surface area contributed by atoms with Crippen LogP contribution in [0.1, 0.15) is 29.6 Å². The molecular weight excluding hydrogens is 310 g/mol. The highest BCUT2D eigenvalue weighted by molar-refractivity contribution is 9.10. The fourth-order valence-corrected chi connectivity index (χ4v) is 2.42. The highest BCUT2D eigenvalue weighted by Gasteiger charge is 2.17. The Hall–Kier alpha value is -1.43. The predicted molar refractivity (Wildman–Crippen MR) is 74.7 cm³/mol. The number of carbonyl (C=O) groups is 2. The number of carbonyl (C=O) groups excluding carboxylic acids is 2. The molecule has 1 aliphatic heterocycles. The van der Waals surface area contributed by atoms with Crippen LogP contribution in [0.25, 0.3) is 0 Å². The first-order valence-electron chi connectivity index (χ1n) is 6.34. The Morgan fingerprint density at radius 1 is 1.32 bits per heavy atom. The molecule has 1 fully saturated rings. The van der Waals surface area contributed by atoms with E-state index in [9.17, 15) is 9.59 Å². The largest absolute Gasteiger partial charge is 0.343 e. The standard InChI is InChI=1S/C13H16BrN3O2/c14-11-8-10(4-5-15-11)13(19)16-9-12(18)17-6-2-1-3-7-17/h4-5,8H,1-3,6-7,9H2,(H,16,19). The minimum absolute atomic E-state index is 0.0128. The molecule has 102 valence electrons. The summed E-state index contributed by atoms with van der Waals surface area (Å²) in [5, 5.41) is 2.64. The lowest BCUT2D eigenvalue weighted by Crippen LogP contribution is -2.42. The van der Waals surface area contributed by atoms with E-state index in [4.69, 9.17) is 0 Å². The molecule has 0 atom stereocenters. The summed E-state index contributed by atoms with van der Waals surface area (Å²) in [6, 6.07) is 3.24. The Balaban J connectivity index is 1.84. The average molecular weight is 326 g/mol. The molecule has 19 heavy (non-hydrogen) atoms. The van der Waals surface area contributed by atoms with Gasteiger partial charge in [0.2, 0.25) is 5.91 Å². The van der Waals surface area contributed by atoms with Crippen LogP contribution in [0.15, 0.2) is 22.9 Å². The molecule has 0 saturated carbocycles. The summed E-state index contributed by atoms with van der Waals surface area (Å²) in [6.07, 6.45) is 4.83. The molecule has 0 unspecified atom stereocenters. The van der Waals surface area contributed by atoms with E-state index < -0.39 is 0 Å². The van der Waals surface area contributed by atoms with Crippen molar-refractivity contribution in [3.8, 4) is 0 Å². The maximum absolute atomic E-state index is 11.9. The van der Waals surface area contributed by atoms with Crippen LogP contribution in [0, 0.1) is 0 Å². The minimum Gasteiger partial charge on any atom is -0.343 e. The molecule has 1 aliphatic rings. The Kier molecular flexibility index (Phi) is 4.90. The predicted octanol–water partition coefficient (Wildman–Crippen LogP) is 1.59. The van der Waals surface area contributed by atoms with Crippen LogP contribution in [-0.2, 0) is 4.79 Å². The molecule has 5 nitrogen and oxygen atoms in total. The van der Waals surface area contributed by atoms with Crippen molar-refractivity contribution in [2.24, 2.45) is 0 Å².